The largest absolute Gasteiger partial charge is 0.335 e. The Bertz CT molecular complexity index is 367. The molecule has 1 fully saturated rings. The standard InChI is InChI=1S/C13H23N3/c1-4-16-9-8-15-11(16)10-13(14)7-5-6-12(13,2)3/h8-9H,4-7,10,14H2,1-3H3. The molecule has 1 aromatic heterocycles. The Kier molecular flexibility index (Phi) is 2.82. The van der Waals surface area contributed by atoms with E-state index in [9.17, 15) is 0 Å². The molecule has 1 saturated carbocycles. The van der Waals surface area contributed by atoms with Crippen LogP contribution < -0.4 is 5.73 Å². The summed E-state index contributed by atoms with van der Waals surface area (Å²) in [6, 6.07) is 0. The van der Waals surface area contributed by atoms with Gasteiger partial charge in [0.1, 0.15) is 5.82 Å². The molecule has 1 unspecified atom stereocenters. The van der Waals surface area contributed by atoms with E-state index in [0.29, 0.717) is 0 Å². The summed E-state index contributed by atoms with van der Waals surface area (Å²) in [7, 11) is 0. The van der Waals surface area contributed by atoms with Gasteiger partial charge in [-0.05, 0) is 25.2 Å². The van der Waals surface area contributed by atoms with Crippen LogP contribution in [-0.2, 0) is 13.0 Å². The van der Waals surface area contributed by atoms with Crippen molar-refractivity contribution in [3.8, 4) is 0 Å². The summed E-state index contributed by atoms with van der Waals surface area (Å²) in [6.45, 7) is 7.71. The van der Waals surface area contributed by atoms with Gasteiger partial charge in [-0.15, -0.1) is 0 Å². The molecule has 3 heteroatoms. The zero-order valence-electron chi connectivity index (χ0n) is 10.7. The van der Waals surface area contributed by atoms with E-state index in [2.05, 4.69) is 30.3 Å². The topological polar surface area (TPSA) is 43.8 Å². The smallest absolute Gasteiger partial charge is 0.110 e. The van der Waals surface area contributed by atoms with Crippen molar-refractivity contribution in [1.29, 1.82) is 0 Å². The fourth-order valence-corrected chi connectivity index (χ4v) is 2.84. The summed E-state index contributed by atoms with van der Waals surface area (Å²) in [6.07, 6.45) is 8.43. The minimum atomic E-state index is -0.0781. The van der Waals surface area contributed by atoms with E-state index in [1.807, 2.05) is 12.4 Å². The Morgan fingerprint density at radius 1 is 1.44 bits per heavy atom. The van der Waals surface area contributed by atoms with Crippen molar-refractivity contribution in [1.82, 2.24) is 9.55 Å². The van der Waals surface area contributed by atoms with Crippen molar-refractivity contribution in [2.75, 3.05) is 0 Å². The van der Waals surface area contributed by atoms with Gasteiger partial charge < -0.3 is 10.3 Å². The van der Waals surface area contributed by atoms with E-state index in [-0.39, 0.29) is 11.0 Å². The van der Waals surface area contributed by atoms with Gasteiger partial charge in [-0.25, -0.2) is 4.98 Å². The summed E-state index contributed by atoms with van der Waals surface area (Å²) >= 11 is 0. The second-order valence-corrected chi connectivity index (χ2v) is 5.70. The van der Waals surface area contributed by atoms with Gasteiger partial charge in [0.25, 0.3) is 0 Å². The summed E-state index contributed by atoms with van der Waals surface area (Å²) in [5.41, 5.74) is 6.75. The van der Waals surface area contributed by atoms with E-state index in [1.54, 1.807) is 0 Å². The summed E-state index contributed by atoms with van der Waals surface area (Å²) in [4.78, 5) is 4.44. The first-order valence-corrected chi connectivity index (χ1v) is 6.27. The van der Waals surface area contributed by atoms with E-state index in [0.717, 1.165) is 25.2 Å². The van der Waals surface area contributed by atoms with Crippen LogP contribution in [0.25, 0.3) is 0 Å². The molecule has 1 aliphatic carbocycles. The van der Waals surface area contributed by atoms with Crippen molar-refractivity contribution in [2.45, 2.75) is 58.5 Å². The van der Waals surface area contributed by atoms with Crippen LogP contribution in [0.5, 0.6) is 0 Å². The highest BCUT2D eigenvalue weighted by Crippen LogP contribution is 2.45. The number of rotatable bonds is 3. The van der Waals surface area contributed by atoms with Gasteiger partial charge >= 0.3 is 0 Å². The van der Waals surface area contributed by atoms with E-state index in [1.165, 1.54) is 12.8 Å². The second-order valence-electron chi connectivity index (χ2n) is 5.70. The fraction of sp³-hybridized carbons (Fsp3) is 0.769. The Labute approximate surface area is 98.1 Å². The molecule has 0 amide bonds. The minimum absolute atomic E-state index is 0.0781. The maximum atomic E-state index is 6.60. The maximum Gasteiger partial charge on any atom is 0.110 e. The molecule has 0 radical (unpaired) electrons. The number of hydrogen-bond acceptors (Lipinski definition) is 2. The molecule has 0 saturated heterocycles. The molecule has 2 N–H and O–H groups in total. The van der Waals surface area contributed by atoms with Crippen molar-refractivity contribution in [3.63, 3.8) is 0 Å². The molecule has 0 aliphatic heterocycles. The lowest BCUT2D eigenvalue weighted by atomic mass is 9.73. The molecule has 0 spiro atoms. The predicted molar refractivity (Wildman–Crippen MR) is 66.2 cm³/mol. The van der Waals surface area contributed by atoms with Crippen LogP contribution in [0.4, 0.5) is 0 Å². The third-order valence-electron chi connectivity index (χ3n) is 4.39. The monoisotopic (exact) mass is 221 g/mol. The quantitative estimate of drug-likeness (QED) is 0.851. The van der Waals surface area contributed by atoms with Gasteiger partial charge in [-0.3, -0.25) is 0 Å². The number of hydrogen-bond donors (Lipinski definition) is 1. The lowest BCUT2D eigenvalue weighted by Crippen LogP contribution is -2.51. The van der Waals surface area contributed by atoms with Crippen molar-refractivity contribution in [2.24, 2.45) is 11.1 Å². The lowest BCUT2D eigenvalue weighted by molar-refractivity contribution is 0.202. The highest BCUT2D eigenvalue weighted by Gasteiger charge is 2.46. The van der Waals surface area contributed by atoms with Crippen molar-refractivity contribution < 1.29 is 0 Å². The van der Waals surface area contributed by atoms with Crippen LogP contribution in [0.1, 0.15) is 45.9 Å². The number of nitrogens with zero attached hydrogens (tertiary/aromatic N) is 2. The van der Waals surface area contributed by atoms with Crippen molar-refractivity contribution in [3.05, 3.63) is 18.2 Å². The summed E-state index contributed by atoms with van der Waals surface area (Å²) < 4.78 is 2.20. The Balaban J connectivity index is 2.21. The molecular weight excluding hydrogens is 198 g/mol. The van der Waals surface area contributed by atoms with Gasteiger partial charge in [0.05, 0.1) is 0 Å². The van der Waals surface area contributed by atoms with Gasteiger partial charge in [0.15, 0.2) is 0 Å². The minimum Gasteiger partial charge on any atom is -0.335 e. The number of aromatic nitrogens is 2. The molecular formula is C13H23N3. The molecule has 90 valence electrons. The average Bonchev–Trinajstić information content (AvgIpc) is 2.73. The lowest BCUT2D eigenvalue weighted by Gasteiger charge is -2.38. The van der Waals surface area contributed by atoms with Crippen LogP contribution in [0.3, 0.4) is 0 Å². The molecule has 1 aliphatic rings. The van der Waals surface area contributed by atoms with Gasteiger partial charge in [0, 0.05) is 30.9 Å². The number of imidazole rings is 1. The highest BCUT2D eigenvalue weighted by molar-refractivity contribution is 5.09. The third kappa shape index (κ3) is 1.77. The first kappa shape index (κ1) is 11.6. The van der Waals surface area contributed by atoms with Crippen LogP contribution in [0, 0.1) is 5.41 Å². The van der Waals surface area contributed by atoms with Crippen molar-refractivity contribution >= 4 is 0 Å². The van der Waals surface area contributed by atoms with E-state index in [4.69, 9.17) is 5.73 Å². The van der Waals surface area contributed by atoms with Gasteiger partial charge in [-0.2, -0.15) is 0 Å². The van der Waals surface area contributed by atoms with Crippen LogP contribution in [0.15, 0.2) is 12.4 Å². The summed E-state index contributed by atoms with van der Waals surface area (Å²) in [5, 5.41) is 0. The molecule has 2 rings (SSSR count). The molecule has 1 heterocycles. The fourth-order valence-electron chi connectivity index (χ4n) is 2.84. The Hall–Kier alpha value is -0.830. The van der Waals surface area contributed by atoms with Crippen LogP contribution >= 0.6 is 0 Å². The molecule has 0 bridgehead atoms. The van der Waals surface area contributed by atoms with Crippen LogP contribution in [0.2, 0.25) is 0 Å². The summed E-state index contributed by atoms with van der Waals surface area (Å²) in [5.74, 6) is 1.14. The van der Waals surface area contributed by atoms with Crippen LogP contribution in [-0.4, -0.2) is 15.1 Å². The molecule has 3 nitrogen and oxygen atoms in total. The van der Waals surface area contributed by atoms with E-state index < -0.39 is 0 Å². The Morgan fingerprint density at radius 3 is 2.75 bits per heavy atom. The Morgan fingerprint density at radius 2 is 2.19 bits per heavy atom. The highest BCUT2D eigenvalue weighted by atomic mass is 15.1. The van der Waals surface area contributed by atoms with Gasteiger partial charge in [0.2, 0.25) is 0 Å². The van der Waals surface area contributed by atoms with E-state index >= 15 is 0 Å². The maximum absolute atomic E-state index is 6.60. The second kappa shape index (κ2) is 3.88. The third-order valence-corrected chi connectivity index (χ3v) is 4.39. The molecule has 1 atom stereocenters. The number of nitrogens with two attached hydrogens (primary N) is 1. The first-order chi connectivity index (χ1) is 7.48. The molecule has 1 aromatic rings. The number of aryl methyl sites for hydroxylation is 1. The predicted octanol–water partition coefficient (Wildman–Crippen LogP) is 2.35. The first-order valence-electron chi connectivity index (χ1n) is 6.27. The zero-order valence-corrected chi connectivity index (χ0v) is 10.7. The normalized spacial score (nSPS) is 28.5. The molecule has 16 heavy (non-hydrogen) atoms. The SMILES string of the molecule is CCn1ccnc1CC1(N)CCCC1(C)C. The average molecular weight is 221 g/mol. The molecule has 0 aromatic carbocycles. The zero-order chi connectivity index (χ0) is 11.8. The van der Waals surface area contributed by atoms with Gasteiger partial charge in [-0.1, -0.05) is 20.3 Å².